The molecule has 0 bridgehead atoms. The summed E-state index contributed by atoms with van der Waals surface area (Å²) in [4.78, 5) is 5.37. The molecular formula is C70H41BN2S2. The quantitative estimate of drug-likeness (QED) is 0.128. The van der Waals surface area contributed by atoms with Crippen molar-refractivity contribution in [3.8, 4) is 22.3 Å². The van der Waals surface area contributed by atoms with Crippen molar-refractivity contribution in [3.63, 3.8) is 0 Å². The van der Waals surface area contributed by atoms with E-state index in [1.165, 1.54) is 156 Å². The predicted molar refractivity (Wildman–Crippen MR) is 327 cm³/mol. The average molecular weight is 985 g/mol. The second-order valence-corrected chi connectivity index (χ2v) is 22.4. The van der Waals surface area contributed by atoms with Crippen molar-refractivity contribution in [1.82, 2.24) is 0 Å². The number of thiophene rings is 2. The van der Waals surface area contributed by atoms with Gasteiger partial charge in [0.25, 0.3) is 6.71 Å². The Morgan fingerprint density at radius 3 is 1.03 bits per heavy atom. The van der Waals surface area contributed by atoms with E-state index in [2.05, 4.69) is 259 Å². The number of anilines is 6. The Bertz CT molecular complexity index is 4620. The number of hydrogen-bond donors (Lipinski definition) is 0. The lowest BCUT2D eigenvalue weighted by Gasteiger charge is -2.45. The second kappa shape index (κ2) is 15.8. The molecule has 4 heterocycles. The van der Waals surface area contributed by atoms with E-state index in [1.807, 2.05) is 22.7 Å². The SMILES string of the molecule is c1ccc(-c2c(N3c4cc5sc6ccccc6c5cc4B4c5cc6c(cc5N(c5c(-c7ccccc7)c7ccccc7c7ccccc57)c5cccc3c54)sc3ccccc36)c3ccccc3c3ccccc23)cc1. The van der Waals surface area contributed by atoms with Gasteiger partial charge in [0.2, 0.25) is 0 Å². The molecule has 346 valence electrons. The maximum Gasteiger partial charge on any atom is 0.252 e. The highest BCUT2D eigenvalue weighted by molar-refractivity contribution is 7.26. The van der Waals surface area contributed by atoms with Crippen molar-refractivity contribution < 1.29 is 0 Å². The van der Waals surface area contributed by atoms with Crippen LogP contribution in [-0.2, 0) is 0 Å². The number of hydrogen-bond acceptors (Lipinski definition) is 4. The molecule has 2 aliphatic heterocycles. The number of fused-ring (bicyclic) bond motifs is 16. The summed E-state index contributed by atoms with van der Waals surface area (Å²) < 4.78 is 5.19. The molecule has 2 nitrogen and oxygen atoms in total. The van der Waals surface area contributed by atoms with Gasteiger partial charge in [0, 0.05) is 74.2 Å². The first-order valence-electron chi connectivity index (χ1n) is 25.9. The van der Waals surface area contributed by atoms with Crippen molar-refractivity contribution in [2.24, 2.45) is 0 Å². The van der Waals surface area contributed by atoms with Gasteiger partial charge in [0.15, 0.2) is 0 Å². The third-order valence-corrected chi connectivity index (χ3v) is 18.6. The maximum atomic E-state index is 2.68. The summed E-state index contributed by atoms with van der Waals surface area (Å²) in [6, 6.07) is 93.9. The number of benzene rings is 13. The van der Waals surface area contributed by atoms with Gasteiger partial charge < -0.3 is 9.80 Å². The minimum absolute atomic E-state index is 0.0985. The molecule has 0 aliphatic carbocycles. The summed E-state index contributed by atoms with van der Waals surface area (Å²) in [6.07, 6.45) is 0. The summed E-state index contributed by atoms with van der Waals surface area (Å²) in [7, 11) is 0. The molecule has 2 aromatic heterocycles. The lowest BCUT2D eigenvalue weighted by atomic mass is 9.33. The lowest BCUT2D eigenvalue weighted by Crippen LogP contribution is -2.61. The third kappa shape index (κ3) is 5.80. The average Bonchev–Trinajstić information content (AvgIpc) is 4.05. The Morgan fingerprint density at radius 1 is 0.253 bits per heavy atom. The molecule has 0 atom stereocenters. The van der Waals surface area contributed by atoms with Crippen LogP contribution in [-0.4, -0.2) is 6.71 Å². The van der Waals surface area contributed by atoms with Crippen LogP contribution in [0.15, 0.2) is 249 Å². The summed E-state index contributed by atoms with van der Waals surface area (Å²) in [6.45, 7) is -0.0985. The Hall–Kier alpha value is -9.00. The van der Waals surface area contributed by atoms with Crippen molar-refractivity contribution in [2.75, 3.05) is 9.80 Å². The molecule has 0 N–H and O–H groups in total. The highest BCUT2D eigenvalue weighted by Gasteiger charge is 2.45. The molecule has 0 spiro atoms. The molecule has 17 rings (SSSR count). The number of rotatable bonds is 4. The van der Waals surface area contributed by atoms with E-state index >= 15 is 0 Å². The monoisotopic (exact) mass is 984 g/mol. The minimum atomic E-state index is -0.0985. The summed E-state index contributed by atoms with van der Waals surface area (Å²) in [5.41, 5.74) is 16.0. The second-order valence-electron chi connectivity index (χ2n) is 20.2. The minimum Gasteiger partial charge on any atom is -0.310 e. The first kappa shape index (κ1) is 41.5. The summed E-state index contributed by atoms with van der Waals surface area (Å²) in [5, 5.41) is 15.1. The molecule has 15 aromatic rings. The van der Waals surface area contributed by atoms with Gasteiger partial charge in [0.05, 0.1) is 11.4 Å². The molecule has 0 saturated heterocycles. The Balaban J connectivity index is 1.08. The van der Waals surface area contributed by atoms with Crippen LogP contribution in [0.3, 0.4) is 0 Å². The van der Waals surface area contributed by atoms with Crippen LogP contribution in [0.5, 0.6) is 0 Å². The fourth-order valence-corrected chi connectivity index (χ4v) is 15.6. The van der Waals surface area contributed by atoms with E-state index in [0.29, 0.717) is 0 Å². The molecule has 0 amide bonds. The van der Waals surface area contributed by atoms with Gasteiger partial charge in [-0.05, 0) is 107 Å². The molecule has 2 aliphatic rings. The molecule has 75 heavy (non-hydrogen) atoms. The Labute approximate surface area is 441 Å². The van der Waals surface area contributed by atoms with Gasteiger partial charge in [-0.15, -0.1) is 22.7 Å². The van der Waals surface area contributed by atoms with E-state index in [1.54, 1.807) is 0 Å². The highest BCUT2D eigenvalue weighted by atomic mass is 32.1. The van der Waals surface area contributed by atoms with Crippen LogP contribution in [0.2, 0.25) is 0 Å². The van der Waals surface area contributed by atoms with Crippen LogP contribution >= 0.6 is 22.7 Å². The molecule has 13 aromatic carbocycles. The van der Waals surface area contributed by atoms with E-state index < -0.39 is 0 Å². The standard InChI is InChI=1S/C70H41BN2S2/c1-3-20-42(21-4-1)66-50-30-11-7-24-44(50)46-26-9-13-32-52(46)69(66)72-58-34-19-35-59-68(58)71(56-38-54-48-28-15-17-36-62(48)74-64(54)40-60(56)72)57-39-55-49-29-16-18-37-63(49)75-65(55)41-61(57)73(59)70-53-33-14-10-27-47(53)45-25-8-12-31-51(45)67(70)43-22-5-2-6-23-43/h1-41H. The molecule has 0 unspecified atom stereocenters. The van der Waals surface area contributed by atoms with Gasteiger partial charge in [-0.2, -0.15) is 0 Å². The lowest BCUT2D eigenvalue weighted by molar-refractivity contribution is 1.28. The molecule has 0 saturated carbocycles. The zero-order chi connectivity index (χ0) is 48.9. The van der Waals surface area contributed by atoms with E-state index in [0.717, 1.165) is 0 Å². The molecule has 0 fully saturated rings. The molecule has 0 radical (unpaired) electrons. The van der Waals surface area contributed by atoms with Crippen molar-refractivity contribution >= 4 is 163 Å². The van der Waals surface area contributed by atoms with E-state index in [4.69, 9.17) is 0 Å². The Kier molecular flexibility index (Phi) is 8.71. The van der Waals surface area contributed by atoms with Crippen LogP contribution < -0.4 is 26.2 Å². The summed E-state index contributed by atoms with van der Waals surface area (Å²) >= 11 is 3.80. The van der Waals surface area contributed by atoms with Gasteiger partial charge in [0.1, 0.15) is 0 Å². The van der Waals surface area contributed by atoms with E-state index in [9.17, 15) is 0 Å². The van der Waals surface area contributed by atoms with Crippen molar-refractivity contribution in [2.45, 2.75) is 0 Å². The number of nitrogens with zero attached hydrogens (tertiary/aromatic N) is 2. The van der Waals surface area contributed by atoms with Crippen LogP contribution in [0.4, 0.5) is 34.1 Å². The zero-order valence-electron chi connectivity index (χ0n) is 40.5. The summed E-state index contributed by atoms with van der Waals surface area (Å²) in [5.74, 6) is 0. The predicted octanol–water partition coefficient (Wildman–Crippen LogP) is 18.5. The Morgan fingerprint density at radius 2 is 0.600 bits per heavy atom. The van der Waals surface area contributed by atoms with Crippen LogP contribution in [0.1, 0.15) is 0 Å². The fraction of sp³-hybridized carbons (Fsp3) is 0. The van der Waals surface area contributed by atoms with Crippen molar-refractivity contribution in [3.05, 3.63) is 249 Å². The maximum absolute atomic E-state index is 2.68. The smallest absolute Gasteiger partial charge is 0.252 e. The first-order chi connectivity index (χ1) is 37.2. The molecule has 5 heteroatoms. The highest BCUT2D eigenvalue weighted by Crippen LogP contribution is 2.55. The molecular weight excluding hydrogens is 944 g/mol. The van der Waals surface area contributed by atoms with Gasteiger partial charge in [-0.3, -0.25) is 0 Å². The largest absolute Gasteiger partial charge is 0.310 e. The fourth-order valence-electron chi connectivity index (χ4n) is 13.4. The van der Waals surface area contributed by atoms with Crippen LogP contribution in [0, 0.1) is 0 Å². The van der Waals surface area contributed by atoms with Crippen LogP contribution in [0.25, 0.3) is 106 Å². The first-order valence-corrected chi connectivity index (χ1v) is 27.5. The van der Waals surface area contributed by atoms with Gasteiger partial charge >= 0.3 is 0 Å². The van der Waals surface area contributed by atoms with Crippen molar-refractivity contribution in [1.29, 1.82) is 0 Å². The normalized spacial score (nSPS) is 13.0. The third-order valence-electron chi connectivity index (χ3n) is 16.4. The zero-order valence-corrected chi connectivity index (χ0v) is 42.1. The topological polar surface area (TPSA) is 6.48 Å². The van der Waals surface area contributed by atoms with E-state index in [-0.39, 0.29) is 6.71 Å². The van der Waals surface area contributed by atoms with Gasteiger partial charge in [-0.1, -0.05) is 212 Å². The van der Waals surface area contributed by atoms with Gasteiger partial charge in [-0.25, -0.2) is 0 Å².